The van der Waals surface area contributed by atoms with E-state index in [-0.39, 0.29) is 5.69 Å². The Hall–Kier alpha value is -2.36. The summed E-state index contributed by atoms with van der Waals surface area (Å²) in [5, 5.41) is 8.72. The standard InChI is InChI=1S/C14H13NO3/c1-10-4-2-3-5-11(10)9-18-12-6-7-13(14(16)17)15-8-12/h2-8H,9H2,1H3,(H,16,17). The molecule has 2 rings (SSSR count). The minimum absolute atomic E-state index is 0.0123. The maximum absolute atomic E-state index is 10.6. The Morgan fingerprint density at radius 1 is 1.28 bits per heavy atom. The van der Waals surface area contributed by atoms with E-state index in [1.807, 2.05) is 31.2 Å². The molecule has 0 radical (unpaired) electrons. The third kappa shape index (κ3) is 2.85. The van der Waals surface area contributed by atoms with Crippen molar-refractivity contribution in [2.75, 3.05) is 0 Å². The zero-order chi connectivity index (χ0) is 13.0. The van der Waals surface area contributed by atoms with Gasteiger partial charge in [0.15, 0.2) is 0 Å². The van der Waals surface area contributed by atoms with E-state index in [4.69, 9.17) is 9.84 Å². The number of hydrogen-bond donors (Lipinski definition) is 1. The highest BCUT2D eigenvalue weighted by Crippen LogP contribution is 2.14. The minimum atomic E-state index is -1.04. The Morgan fingerprint density at radius 2 is 2.06 bits per heavy atom. The highest BCUT2D eigenvalue weighted by atomic mass is 16.5. The first-order chi connectivity index (χ1) is 8.66. The predicted molar refractivity (Wildman–Crippen MR) is 66.7 cm³/mol. The van der Waals surface area contributed by atoms with Crippen LogP contribution in [0.1, 0.15) is 21.6 Å². The van der Waals surface area contributed by atoms with Crippen molar-refractivity contribution in [3.8, 4) is 5.75 Å². The lowest BCUT2D eigenvalue weighted by atomic mass is 10.1. The van der Waals surface area contributed by atoms with Crippen molar-refractivity contribution >= 4 is 5.97 Å². The van der Waals surface area contributed by atoms with Gasteiger partial charge >= 0.3 is 5.97 Å². The lowest BCUT2D eigenvalue weighted by Crippen LogP contribution is -2.01. The largest absolute Gasteiger partial charge is 0.487 e. The first-order valence-corrected chi connectivity index (χ1v) is 5.53. The Bertz CT molecular complexity index is 549. The summed E-state index contributed by atoms with van der Waals surface area (Å²) in [6.45, 7) is 2.46. The summed E-state index contributed by atoms with van der Waals surface area (Å²) < 4.78 is 5.55. The Labute approximate surface area is 105 Å². The zero-order valence-corrected chi connectivity index (χ0v) is 9.96. The summed E-state index contributed by atoms with van der Waals surface area (Å²) >= 11 is 0. The molecule has 0 amide bonds. The number of carbonyl (C=O) groups is 1. The number of aromatic carboxylic acids is 1. The molecule has 4 heteroatoms. The molecule has 0 aliphatic rings. The number of carboxylic acids is 1. The molecular weight excluding hydrogens is 230 g/mol. The van der Waals surface area contributed by atoms with E-state index in [9.17, 15) is 4.79 Å². The Balaban J connectivity index is 2.02. The quantitative estimate of drug-likeness (QED) is 0.896. The third-order valence-electron chi connectivity index (χ3n) is 2.61. The number of nitrogens with zero attached hydrogens (tertiary/aromatic N) is 1. The molecule has 4 nitrogen and oxygen atoms in total. The van der Waals surface area contributed by atoms with E-state index in [1.54, 1.807) is 6.07 Å². The van der Waals surface area contributed by atoms with Crippen LogP contribution in [0.3, 0.4) is 0 Å². The summed E-state index contributed by atoms with van der Waals surface area (Å²) in [5.41, 5.74) is 2.27. The molecule has 18 heavy (non-hydrogen) atoms. The van der Waals surface area contributed by atoms with Crippen LogP contribution in [0.4, 0.5) is 0 Å². The van der Waals surface area contributed by atoms with Crippen LogP contribution in [0.25, 0.3) is 0 Å². The van der Waals surface area contributed by atoms with Gasteiger partial charge in [-0.25, -0.2) is 9.78 Å². The van der Waals surface area contributed by atoms with Crippen LogP contribution in [0.5, 0.6) is 5.75 Å². The van der Waals surface area contributed by atoms with Gasteiger partial charge in [0, 0.05) is 0 Å². The van der Waals surface area contributed by atoms with Gasteiger partial charge in [-0.1, -0.05) is 24.3 Å². The van der Waals surface area contributed by atoms with Crippen LogP contribution in [-0.2, 0) is 6.61 Å². The molecule has 0 aliphatic heterocycles. The first-order valence-electron chi connectivity index (χ1n) is 5.53. The minimum Gasteiger partial charge on any atom is -0.487 e. The highest BCUT2D eigenvalue weighted by molar-refractivity contribution is 5.85. The molecule has 0 fully saturated rings. The predicted octanol–water partition coefficient (Wildman–Crippen LogP) is 2.67. The van der Waals surface area contributed by atoms with E-state index in [0.717, 1.165) is 11.1 Å². The lowest BCUT2D eigenvalue weighted by molar-refractivity contribution is 0.0690. The molecule has 0 aliphatic carbocycles. The average molecular weight is 243 g/mol. The number of ether oxygens (including phenoxy) is 1. The average Bonchev–Trinajstić information content (AvgIpc) is 2.38. The van der Waals surface area contributed by atoms with E-state index in [0.29, 0.717) is 12.4 Å². The van der Waals surface area contributed by atoms with Crippen molar-refractivity contribution in [1.29, 1.82) is 0 Å². The molecule has 0 bridgehead atoms. The number of aromatic nitrogens is 1. The molecule has 2 aromatic rings. The van der Waals surface area contributed by atoms with Crippen LogP contribution in [0, 0.1) is 6.92 Å². The normalized spacial score (nSPS) is 10.1. The zero-order valence-electron chi connectivity index (χ0n) is 9.96. The van der Waals surface area contributed by atoms with Crippen LogP contribution >= 0.6 is 0 Å². The van der Waals surface area contributed by atoms with Crippen molar-refractivity contribution in [3.63, 3.8) is 0 Å². The first kappa shape index (κ1) is 12.1. The number of carboxylic acid groups (broad SMARTS) is 1. The molecule has 1 N–H and O–H groups in total. The monoisotopic (exact) mass is 243 g/mol. The van der Waals surface area contributed by atoms with Crippen LogP contribution < -0.4 is 4.74 Å². The summed E-state index contributed by atoms with van der Waals surface area (Å²) in [7, 11) is 0. The maximum atomic E-state index is 10.6. The molecule has 1 aromatic heterocycles. The van der Waals surface area contributed by atoms with Gasteiger partial charge in [0.2, 0.25) is 0 Å². The van der Waals surface area contributed by atoms with Gasteiger partial charge < -0.3 is 9.84 Å². The van der Waals surface area contributed by atoms with Crippen molar-refractivity contribution in [2.24, 2.45) is 0 Å². The molecule has 1 aromatic carbocycles. The van der Waals surface area contributed by atoms with Gasteiger partial charge in [0.1, 0.15) is 18.1 Å². The second-order valence-corrected chi connectivity index (χ2v) is 3.90. The van der Waals surface area contributed by atoms with Crippen molar-refractivity contribution < 1.29 is 14.6 Å². The number of hydrogen-bond acceptors (Lipinski definition) is 3. The molecule has 92 valence electrons. The summed E-state index contributed by atoms with van der Waals surface area (Å²) in [5.74, 6) is -0.483. The highest BCUT2D eigenvalue weighted by Gasteiger charge is 2.04. The second-order valence-electron chi connectivity index (χ2n) is 3.90. The van der Waals surface area contributed by atoms with Gasteiger partial charge in [-0.15, -0.1) is 0 Å². The molecule has 0 unspecified atom stereocenters. The van der Waals surface area contributed by atoms with Gasteiger partial charge in [0.25, 0.3) is 0 Å². The van der Waals surface area contributed by atoms with Crippen molar-refractivity contribution in [1.82, 2.24) is 4.98 Å². The summed E-state index contributed by atoms with van der Waals surface area (Å²) in [6.07, 6.45) is 1.42. The number of benzene rings is 1. The fourth-order valence-electron chi connectivity index (χ4n) is 1.53. The number of aryl methyl sites for hydroxylation is 1. The maximum Gasteiger partial charge on any atom is 0.354 e. The van der Waals surface area contributed by atoms with Crippen molar-refractivity contribution in [3.05, 3.63) is 59.4 Å². The van der Waals surface area contributed by atoms with Gasteiger partial charge in [-0.3, -0.25) is 0 Å². The van der Waals surface area contributed by atoms with Gasteiger partial charge in [0.05, 0.1) is 6.20 Å². The van der Waals surface area contributed by atoms with Crippen molar-refractivity contribution in [2.45, 2.75) is 13.5 Å². The molecular formula is C14H13NO3. The van der Waals surface area contributed by atoms with Gasteiger partial charge in [-0.05, 0) is 30.2 Å². The van der Waals surface area contributed by atoms with Crippen LogP contribution in [0.15, 0.2) is 42.6 Å². The van der Waals surface area contributed by atoms with E-state index in [2.05, 4.69) is 4.98 Å². The number of rotatable bonds is 4. The van der Waals surface area contributed by atoms with Crippen LogP contribution in [0.2, 0.25) is 0 Å². The van der Waals surface area contributed by atoms with Gasteiger partial charge in [-0.2, -0.15) is 0 Å². The van der Waals surface area contributed by atoms with E-state index in [1.165, 1.54) is 12.3 Å². The van der Waals surface area contributed by atoms with E-state index >= 15 is 0 Å². The third-order valence-corrected chi connectivity index (χ3v) is 2.61. The second kappa shape index (κ2) is 5.31. The Kier molecular flexibility index (Phi) is 3.57. The fourth-order valence-corrected chi connectivity index (χ4v) is 1.53. The number of pyridine rings is 1. The van der Waals surface area contributed by atoms with E-state index < -0.39 is 5.97 Å². The summed E-state index contributed by atoms with van der Waals surface area (Å²) in [4.78, 5) is 14.4. The molecule has 1 heterocycles. The SMILES string of the molecule is Cc1ccccc1COc1ccc(C(=O)O)nc1. The summed E-state index contributed by atoms with van der Waals surface area (Å²) in [6, 6.07) is 11.0. The Morgan fingerprint density at radius 3 is 2.67 bits per heavy atom. The molecule has 0 atom stereocenters. The fraction of sp³-hybridized carbons (Fsp3) is 0.143. The molecule has 0 saturated heterocycles. The smallest absolute Gasteiger partial charge is 0.354 e. The molecule has 0 spiro atoms. The van der Waals surface area contributed by atoms with Crippen LogP contribution in [-0.4, -0.2) is 16.1 Å². The molecule has 0 saturated carbocycles. The lowest BCUT2D eigenvalue weighted by Gasteiger charge is -2.08. The topological polar surface area (TPSA) is 59.4 Å².